The third kappa shape index (κ3) is 10.8. The van der Waals surface area contributed by atoms with Gasteiger partial charge in [0.2, 0.25) is 0 Å². The fourth-order valence-corrected chi connectivity index (χ4v) is 4.53. The zero-order valence-electron chi connectivity index (χ0n) is 24.2. The number of nitrogens with zero attached hydrogens (tertiary/aromatic N) is 2. The number of esters is 1. The number of benzene rings is 2. The maximum absolute atomic E-state index is 12.2. The van der Waals surface area contributed by atoms with Crippen LogP contribution in [-0.4, -0.2) is 28.6 Å². The largest absolute Gasteiger partial charge is 0.479 e. The van der Waals surface area contributed by atoms with Gasteiger partial charge in [0.1, 0.15) is 5.75 Å². The Hall–Kier alpha value is -3.21. The Morgan fingerprint density at radius 2 is 1.26 bits per heavy atom. The third-order valence-corrected chi connectivity index (χ3v) is 7.01. The SMILES string of the molecule is CCCCCCCCCc1ccc(-c2cnc(-c3ccc(OC(C)C(=O)OCCCCCC)cc3)nc2)cc1. The predicted octanol–water partition coefficient (Wildman–Crippen LogP) is 8.99. The number of hydrogen-bond donors (Lipinski definition) is 0. The molecule has 0 fully saturated rings. The van der Waals surface area contributed by atoms with Crippen LogP contribution in [-0.2, 0) is 16.0 Å². The van der Waals surface area contributed by atoms with Crippen LogP contribution in [0.3, 0.4) is 0 Å². The predicted molar refractivity (Wildman–Crippen MR) is 160 cm³/mol. The lowest BCUT2D eigenvalue weighted by Gasteiger charge is -2.14. The summed E-state index contributed by atoms with van der Waals surface area (Å²) in [6.45, 7) is 6.58. The number of aryl methyl sites for hydroxylation is 1. The Labute approximate surface area is 235 Å². The van der Waals surface area contributed by atoms with Crippen molar-refractivity contribution in [2.24, 2.45) is 0 Å². The van der Waals surface area contributed by atoms with Gasteiger partial charge in [0.25, 0.3) is 0 Å². The Kier molecular flexibility index (Phi) is 13.5. The second-order valence-electron chi connectivity index (χ2n) is 10.4. The van der Waals surface area contributed by atoms with E-state index in [1.807, 2.05) is 36.7 Å². The molecule has 0 aliphatic rings. The van der Waals surface area contributed by atoms with E-state index in [9.17, 15) is 4.79 Å². The molecule has 0 spiro atoms. The van der Waals surface area contributed by atoms with Crippen molar-refractivity contribution in [2.45, 2.75) is 104 Å². The number of carbonyl (C=O) groups is 1. The van der Waals surface area contributed by atoms with Gasteiger partial charge >= 0.3 is 5.97 Å². The highest BCUT2D eigenvalue weighted by molar-refractivity contribution is 5.74. The van der Waals surface area contributed by atoms with Crippen LogP contribution in [0.4, 0.5) is 0 Å². The minimum absolute atomic E-state index is 0.333. The van der Waals surface area contributed by atoms with Crippen LogP contribution < -0.4 is 4.74 Å². The number of aromatic nitrogens is 2. The lowest BCUT2D eigenvalue weighted by molar-refractivity contribution is -0.151. The highest BCUT2D eigenvalue weighted by Crippen LogP contribution is 2.24. The van der Waals surface area contributed by atoms with Crippen LogP contribution in [0.1, 0.15) is 97.0 Å². The maximum atomic E-state index is 12.2. The molecule has 210 valence electrons. The summed E-state index contributed by atoms with van der Waals surface area (Å²) >= 11 is 0. The van der Waals surface area contributed by atoms with Crippen molar-refractivity contribution in [3.05, 3.63) is 66.5 Å². The fraction of sp³-hybridized carbons (Fsp3) is 0.500. The van der Waals surface area contributed by atoms with Gasteiger partial charge in [-0.3, -0.25) is 0 Å². The molecule has 0 aliphatic carbocycles. The quantitative estimate of drug-likeness (QED) is 0.121. The molecule has 5 nitrogen and oxygen atoms in total. The van der Waals surface area contributed by atoms with E-state index in [2.05, 4.69) is 48.1 Å². The minimum Gasteiger partial charge on any atom is -0.479 e. The maximum Gasteiger partial charge on any atom is 0.347 e. The molecule has 0 saturated heterocycles. The Morgan fingerprint density at radius 3 is 1.90 bits per heavy atom. The summed E-state index contributed by atoms with van der Waals surface area (Å²) in [5.41, 5.74) is 4.41. The van der Waals surface area contributed by atoms with Gasteiger partial charge in [0.05, 0.1) is 6.61 Å². The van der Waals surface area contributed by atoms with Crippen LogP contribution in [0.5, 0.6) is 5.75 Å². The standard InChI is InChI=1S/C34H46N2O3/c1-4-6-8-10-11-12-13-15-28-16-18-29(19-17-28)31-25-35-33(36-26-31)30-20-22-32(23-21-30)39-27(3)34(37)38-24-14-9-7-5-2/h16-23,25-27H,4-15,24H2,1-3H3. The minimum atomic E-state index is -0.653. The van der Waals surface area contributed by atoms with Crippen LogP contribution in [0.25, 0.3) is 22.5 Å². The van der Waals surface area contributed by atoms with Crippen molar-refractivity contribution < 1.29 is 14.3 Å². The van der Waals surface area contributed by atoms with E-state index in [0.29, 0.717) is 18.2 Å². The van der Waals surface area contributed by atoms with Crippen molar-refractivity contribution >= 4 is 5.97 Å². The van der Waals surface area contributed by atoms with Gasteiger partial charge in [-0.15, -0.1) is 0 Å². The van der Waals surface area contributed by atoms with E-state index in [1.54, 1.807) is 6.92 Å². The van der Waals surface area contributed by atoms with Gasteiger partial charge < -0.3 is 9.47 Å². The highest BCUT2D eigenvalue weighted by atomic mass is 16.6. The van der Waals surface area contributed by atoms with E-state index >= 15 is 0 Å². The average Bonchev–Trinajstić information content (AvgIpc) is 2.97. The first-order chi connectivity index (χ1) is 19.1. The summed E-state index contributed by atoms with van der Waals surface area (Å²) in [6, 6.07) is 16.3. The first kappa shape index (κ1) is 30.3. The molecule has 3 aromatic rings. The lowest BCUT2D eigenvalue weighted by atomic mass is 10.0. The lowest BCUT2D eigenvalue weighted by Crippen LogP contribution is -2.26. The number of ether oxygens (including phenoxy) is 2. The van der Waals surface area contributed by atoms with Gasteiger partial charge in [-0.1, -0.05) is 95.9 Å². The van der Waals surface area contributed by atoms with E-state index in [4.69, 9.17) is 9.47 Å². The Balaban J connectivity index is 1.45. The highest BCUT2D eigenvalue weighted by Gasteiger charge is 2.16. The topological polar surface area (TPSA) is 61.3 Å². The first-order valence-corrected chi connectivity index (χ1v) is 15.0. The molecule has 0 aliphatic heterocycles. The molecule has 1 heterocycles. The molecule has 0 saturated carbocycles. The molecule has 2 aromatic carbocycles. The first-order valence-electron chi connectivity index (χ1n) is 15.0. The molecule has 3 rings (SSSR count). The summed E-state index contributed by atoms with van der Waals surface area (Å²) in [7, 11) is 0. The summed E-state index contributed by atoms with van der Waals surface area (Å²) in [6.07, 6.45) is 17.9. The van der Waals surface area contributed by atoms with E-state index < -0.39 is 6.10 Å². The fourth-order valence-electron chi connectivity index (χ4n) is 4.53. The van der Waals surface area contributed by atoms with E-state index in [0.717, 1.165) is 48.8 Å². The summed E-state index contributed by atoms with van der Waals surface area (Å²) in [5, 5.41) is 0. The molecular formula is C34H46N2O3. The molecule has 0 N–H and O–H groups in total. The Bertz CT molecular complexity index is 1080. The molecular weight excluding hydrogens is 484 g/mol. The van der Waals surface area contributed by atoms with Crippen molar-refractivity contribution in [1.29, 1.82) is 0 Å². The average molecular weight is 531 g/mol. The summed E-state index contributed by atoms with van der Waals surface area (Å²) in [5.74, 6) is 0.933. The molecule has 0 bridgehead atoms. The number of carbonyl (C=O) groups excluding carboxylic acids is 1. The molecule has 0 amide bonds. The van der Waals surface area contributed by atoms with Gasteiger partial charge in [0.15, 0.2) is 11.9 Å². The van der Waals surface area contributed by atoms with E-state index in [-0.39, 0.29) is 5.97 Å². The smallest absolute Gasteiger partial charge is 0.347 e. The van der Waals surface area contributed by atoms with Crippen LogP contribution in [0.15, 0.2) is 60.9 Å². The summed E-state index contributed by atoms with van der Waals surface area (Å²) < 4.78 is 11.1. The van der Waals surface area contributed by atoms with Crippen molar-refractivity contribution in [2.75, 3.05) is 6.61 Å². The molecule has 1 aromatic heterocycles. The van der Waals surface area contributed by atoms with Crippen LogP contribution in [0.2, 0.25) is 0 Å². The number of unbranched alkanes of at least 4 members (excludes halogenated alkanes) is 9. The summed E-state index contributed by atoms with van der Waals surface area (Å²) in [4.78, 5) is 21.3. The second-order valence-corrected chi connectivity index (χ2v) is 10.4. The zero-order chi connectivity index (χ0) is 27.7. The molecule has 1 unspecified atom stereocenters. The van der Waals surface area contributed by atoms with Gasteiger partial charge in [-0.25, -0.2) is 14.8 Å². The number of rotatable bonds is 18. The molecule has 1 atom stereocenters. The van der Waals surface area contributed by atoms with Gasteiger partial charge in [-0.2, -0.15) is 0 Å². The Morgan fingerprint density at radius 1 is 0.692 bits per heavy atom. The molecule has 39 heavy (non-hydrogen) atoms. The van der Waals surface area contributed by atoms with Crippen LogP contribution in [0, 0.1) is 0 Å². The number of hydrogen-bond acceptors (Lipinski definition) is 5. The third-order valence-electron chi connectivity index (χ3n) is 7.01. The molecule has 5 heteroatoms. The monoisotopic (exact) mass is 530 g/mol. The normalized spacial score (nSPS) is 11.8. The zero-order valence-corrected chi connectivity index (χ0v) is 24.2. The second kappa shape index (κ2) is 17.4. The molecule has 0 radical (unpaired) electrons. The van der Waals surface area contributed by atoms with Gasteiger partial charge in [0, 0.05) is 23.5 Å². The van der Waals surface area contributed by atoms with E-state index in [1.165, 1.54) is 50.5 Å². The van der Waals surface area contributed by atoms with Crippen molar-refractivity contribution in [3.8, 4) is 28.3 Å². The van der Waals surface area contributed by atoms with Crippen molar-refractivity contribution in [1.82, 2.24) is 9.97 Å². The van der Waals surface area contributed by atoms with Gasteiger partial charge in [-0.05, 0) is 61.6 Å². The van der Waals surface area contributed by atoms with Crippen LogP contribution >= 0.6 is 0 Å². The van der Waals surface area contributed by atoms with Crippen molar-refractivity contribution in [3.63, 3.8) is 0 Å².